The van der Waals surface area contributed by atoms with Crippen molar-refractivity contribution in [3.63, 3.8) is 0 Å². The van der Waals surface area contributed by atoms with Crippen LogP contribution < -0.4 is 20.1 Å². The minimum absolute atomic E-state index is 0.0103. The third kappa shape index (κ3) is 5.62. The van der Waals surface area contributed by atoms with E-state index in [1.165, 1.54) is 19.5 Å². The Morgan fingerprint density at radius 2 is 2.05 bits per heavy atom. The van der Waals surface area contributed by atoms with Gasteiger partial charge in [0.1, 0.15) is 18.2 Å². The molecule has 3 aromatic rings. The van der Waals surface area contributed by atoms with Gasteiger partial charge in [0, 0.05) is 31.8 Å². The summed E-state index contributed by atoms with van der Waals surface area (Å²) in [4.78, 5) is 23.5. The Bertz CT molecular complexity index is 1340. The number of likely N-dealkylation sites (tertiary alicyclic amines) is 1. The zero-order valence-corrected chi connectivity index (χ0v) is 21.7. The number of fused-ring (bicyclic) bond motifs is 1. The summed E-state index contributed by atoms with van der Waals surface area (Å²) in [5.41, 5.74) is 0.734. The molecule has 2 atom stereocenters. The molecule has 38 heavy (non-hydrogen) atoms. The number of carbonyl (C=O) groups excluding carboxylic acids is 1. The summed E-state index contributed by atoms with van der Waals surface area (Å²) in [6, 6.07) is 7.64. The highest BCUT2D eigenvalue weighted by Gasteiger charge is 2.37. The van der Waals surface area contributed by atoms with Crippen LogP contribution in [-0.2, 0) is 4.79 Å². The van der Waals surface area contributed by atoms with Crippen molar-refractivity contribution in [2.75, 3.05) is 26.0 Å². The Kier molecular flexibility index (Phi) is 7.44. The highest BCUT2D eigenvalue weighted by molar-refractivity contribution is 6.31. The summed E-state index contributed by atoms with van der Waals surface area (Å²) in [5, 5.41) is 16.4. The largest absolute Gasteiger partial charge is 0.493 e. The average Bonchev–Trinajstić information content (AvgIpc) is 3.35. The van der Waals surface area contributed by atoms with Gasteiger partial charge in [-0.3, -0.25) is 9.69 Å². The molecular formula is C27H31ClFN5O4. The molecule has 11 heteroatoms. The van der Waals surface area contributed by atoms with Crippen LogP contribution in [0.1, 0.15) is 33.5 Å². The second kappa shape index (κ2) is 11.3. The van der Waals surface area contributed by atoms with Gasteiger partial charge in [0.05, 0.1) is 35.5 Å². The third-order valence-corrected chi connectivity index (χ3v) is 7.42. The predicted molar refractivity (Wildman–Crippen MR) is 143 cm³/mol. The molecule has 0 bridgehead atoms. The quantitative estimate of drug-likeness (QED) is 0.409. The molecule has 1 saturated carbocycles. The number of aliphatic hydroxyl groups excluding tert-OH is 1. The van der Waals surface area contributed by atoms with Crippen molar-refractivity contribution >= 4 is 39.9 Å². The first kappa shape index (κ1) is 25.1. The number of rotatable bonds is 7. The Labute approximate surface area is 226 Å². The van der Waals surface area contributed by atoms with Crippen LogP contribution in [0.15, 0.2) is 36.7 Å². The van der Waals surface area contributed by atoms with Gasteiger partial charge >= 0.3 is 0 Å². The molecule has 2 aliphatic rings. The standard InChI is InChI=1S/C27H31ClFN5O4/c1-34-13-17(10-22(34)27(36)32-15-6-8-16(35)9-7-15)38-24-11-18-21(12-23(24)37-2)30-14-31-26(18)33-20-5-3-4-19(28)25(20)29/h3-5,11-12,14-17,22,35H,6-10,13H2,1-2H3,(H,32,36)(H,30,31,33)/t15?,16?,17-,22-/m0/s1/i1D. The summed E-state index contributed by atoms with van der Waals surface area (Å²) in [5.74, 6) is 0.524. The minimum Gasteiger partial charge on any atom is -0.493 e. The van der Waals surface area contributed by atoms with Crippen molar-refractivity contribution in [3.05, 3.63) is 47.5 Å². The molecule has 0 spiro atoms. The number of anilines is 2. The van der Waals surface area contributed by atoms with E-state index >= 15 is 0 Å². The van der Waals surface area contributed by atoms with Crippen LogP contribution in [0.25, 0.3) is 10.9 Å². The number of carbonyl (C=O) groups is 1. The molecule has 2 aromatic carbocycles. The molecule has 9 nitrogen and oxygen atoms in total. The molecule has 202 valence electrons. The molecule has 0 radical (unpaired) electrons. The fraction of sp³-hybridized carbons (Fsp3) is 0.444. The van der Waals surface area contributed by atoms with Crippen molar-refractivity contribution in [1.82, 2.24) is 20.2 Å². The molecule has 1 amide bonds. The second-order valence-corrected chi connectivity index (χ2v) is 10.2. The Hall–Kier alpha value is -3.21. The van der Waals surface area contributed by atoms with Crippen molar-refractivity contribution < 1.29 is 25.1 Å². The monoisotopic (exact) mass is 544 g/mol. The highest BCUT2D eigenvalue weighted by atomic mass is 35.5. The molecule has 1 aliphatic heterocycles. The lowest BCUT2D eigenvalue weighted by Gasteiger charge is -2.28. The third-order valence-electron chi connectivity index (χ3n) is 7.13. The number of methoxy groups -OCH3 is 1. The van der Waals surface area contributed by atoms with Crippen molar-refractivity contribution in [2.45, 2.75) is 56.4 Å². The van der Waals surface area contributed by atoms with Crippen LogP contribution in [0, 0.1) is 5.82 Å². The van der Waals surface area contributed by atoms with Gasteiger partial charge in [-0.05, 0) is 50.9 Å². The topological polar surface area (TPSA) is 109 Å². The molecule has 2 heterocycles. The Morgan fingerprint density at radius 1 is 1.24 bits per heavy atom. The van der Waals surface area contributed by atoms with Crippen LogP contribution in [0.2, 0.25) is 5.02 Å². The van der Waals surface area contributed by atoms with Gasteiger partial charge in [-0.15, -0.1) is 0 Å². The van der Waals surface area contributed by atoms with E-state index in [4.69, 9.17) is 22.4 Å². The lowest BCUT2D eigenvalue weighted by molar-refractivity contribution is -0.126. The van der Waals surface area contributed by atoms with E-state index in [9.17, 15) is 14.3 Å². The molecule has 5 rings (SSSR count). The maximum absolute atomic E-state index is 14.5. The lowest BCUT2D eigenvalue weighted by Crippen LogP contribution is -2.47. The molecule has 1 saturated heterocycles. The summed E-state index contributed by atoms with van der Waals surface area (Å²) >= 11 is 5.94. The van der Waals surface area contributed by atoms with E-state index in [2.05, 4.69) is 20.6 Å². The van der Waals surface area contributed by atoms with Crippen LogP contribution in [0.4, 0.5) is 15.9 Å². The number of ether oxygens (including phenoxy) is 2. The first-order valence-corrected chi connectivity index (χ1v) is 13.0. The van der Waals surface area contributed by atoms with E-state index < -0.39 is 11.9 Å². The van der Waals surface area contributed by atoms with Gasteiger partial charge in [0.25, 0.3) is 0 Å². The number of hydrogen-bond donors (Lipinski definition) is 3. The number of aliphatic hydroxyl groups is 1. The number of benzene rings is 2. The molecule has 2 fully saturated rings. The fourth-order valence-corrected chi connectivity index (χ4v) is 5.23. The van der Waals surface area contributed by atoms with Crippen LogP contribution in [-0.4, -0.2) is 70.9 Å². The van der Waals surface area contributed by atoms with Crippen molar-refractivity contribution in [1.29, 1.82) is 0 Å². The van der Waals surface area contributed by atoms with E-state index in [-0.39, 0.29) is 41.9 Å². The number of nitrogens with zero attached hydrogens (tertiary/aromatic N) is 3. The number of hydrogen-bond acceptors (Lipinski definition) is 8. The van der Waals surface area contributed by atoms with Crippen molar-refractivity contribution in [2.24, 2.45) is 0 Å². The van der Waals surface area contributed by atoms with Gasteiger partial charge in [-0.2, -0.15) is 0 Å². The first-order valence-electron chi connectivity index (χ1n) is 13.3. The number of aromatic nitrogens is 2. The fourth-order valence-electron chi connectivity index (χ4n) is 5.06. The van der Waals surface area contributed by atoms with Gasteiger partial charge < -0.3 is 25.2 Å². The smallest absolute Gasteiger partial charge is 0.237 e. The SMILES string of the molecule is [2H]CN1C[C@@H](Oc2cc3c(Nc4cccc(Cl)c4F)ncnc3cc2OC)C[C@H]1C(=O)NC1CCC(O)CC1. The van der Waals surface area contributed by atoms with Crippen LogP contribution >= 0.6 is 11.6 Å². The molecule has 0 unspecified atom stereocenters. The number of halogens is 2. The van der Waals surface area contributed by atoms with Crippen LogP contribution in [0.5, 0.6) is 11.5 Å². The van der Waals surface area contributed by atoms with E-state index in [0.717, 1.165) is 12.8 Å². The maximum Gasteiger partial charge on any atom is 0.237 e. The Morgan fingerprint density at radius 3 is 2.82 bits per heavy atom. The van der Waals surface area contributed by atoms with Crippen molar-refractivity contribution in [3.8, 4) is 11.5 Å². The average molecular weight is 545 g/mol. The molecule has 1 aromatic heterocycles. The zero-order chi connectivity index (χ0) is 27.5. The van der Waals surface area contributed by atoms with E-state index in [1.54, 1.807) is 29.2 Å². The Balaban J connectivity index is 1.35. The summed E-state index contributed by atoms with van der Waals surface area (Å²) in [7, 11) is 1.49. The maximum atomic E-state index is 14.5. The van der Waals surface area contributed by atoms with Gasteiger partial charge in [-0.1, -0.05) is 17.7 Å². The highest BCUT2D eigenvalue weighted by Crippen LogP contribution is 2.37. The van der Waals surface area contributed by atoms with E-state index in [1.807, 2.05) is 0 Å². The number of nitrogens with one attached hydrogen (secondary N) is 2. The number of likely N-dealkylation sites (N-methyl/N-ethyl adjacent to an activating group) is 1. The first-order chi connectivity index (χ1) is 18.9. The molecular weight excluding hydrogens is 513 g/mol. The predicted octanol–water partition coefficient (Wildman–Crippen LogP) is 4.05. The lowest BCUT2D eigenvalue weighted by atomic mass is 9.93. The minimum atomic E-state index is -0.592. The van der Waals surface area contributed by atoms with Gasteiger partial charge in [0.2, 0.25) is 5.91 Å². The van der Waals surface area contributed by atoms with Gasteiger partial charge in [0.15, 0.2) is 17.3 Å². The normalized spacial score (nSPS) is 24.2. The zero-order valence-electron chi connectivity index (χ0n) is 22.0. The summed E-state index contributed by atoms with van der Waals surface area (Å²) in [6.07, 6.45) is 3.95. The molecule has 3 N–H and O–H groups in total. The molecule has 1 aliphatic carbocycles. The summed E-state index contributed by atoms with van der Waals surface area (Å²) < 4.78 is 34.4. The number of amides is 1. The second-order valence-electron chi connectivity index (χ2n) is 9.75. The van der Waals surface area contributed by atoms with Crippen LogP contribution in [0.3, 0.4) is 0 Å². The van der Waals surface area contributed by atoms with E-state index in [0.29, 0.717) is 54.0 Å². The summed E-state index contributed by atoms with van der Waals surface area (Å²) in [6.45, 7) is 0.399. The van der Waals surface area contributed by atoms with Gasteiger partial charge in [-0.25, -0.2) is 14.4 Å².